The second-order valence-electron chi connectivity index (χ2n) is 5.45. The highest BCUT2D eigenvalue weighted by atomic mass is 16.2. The minimum Gasteiger partial charge on any atom is -0.339 e. The van der Waals surface area contributed by atoms with Gasteiger partial charge in [0.05, 0.1) is 0 Å². The van der Waals surface area contributed by atoms with Gasteiger partial charge in [-0.25, -0.2) is 0 Å². The van der Waals surface area contributed by atoms with Crippen LogP contribution >= 0.6 is 0 Å². The highest BCUT2D eigenvalue weighted by Crippen LogP contribution is 2.13. The Kier molecular flexibility index (Phi) is 6.03. The zero-order valence-corrected chi connectivity index (χ0v) is 12.5. The molecule has 1 atom stereocenters. The van der Waals surface area contributed by atoms with Crippen LogP contribution in [-0.2, 0) is 11.3 Å². The third-order valence-electron chi connectivity index (χ3n) is 3.62. The first kappa shape index (κ1) is 15.7. The van der Waals surface area contributed by atoms with Crippen molar-refractivity contribution in [2.45, 2.75) is 46.7 Å². The van der Waals surface area contributed by atoms with Gasteiger partial charge in [0.1, 0.15) is 0 Å². The second kappa shape index (κ2) is 7.29. The third-order valence-corrected chi connectivity index (χ3v) is 3.62. The van der Waals surface area contributed by atoms with Crippen molar-refractivity contribution in [3.8, 4) is 0 Å². The molecule has 0 radical (unpaired) electrons. The Morgan fingerprint density at radius 2 is 1.95 bits per heavy atom. The summed E-state index contributed by atoms with van der Waals surface area (Å²) < 4.78 is 0. The van der Waals surface area contributed by atoms with E-state index in [2.05, 4.69) is 32.9 Å². The molecule has 0 aromatic heterocycles. The van der Waals surface area contributed by atoms with Gasteiger partial charge in [0, 0.05) is 25.6 Å². The van der Waals surface area contributed by atoms with E-state index >= 15 is 0 Å². The van der Waals surface area contributed by atoms with E-state index in [9.17, 15) is 4.79 Å². The minimum absolute atomic E-state index is 0.0570. The molecule has 1 unspecified atom stereocenters. The van der Waals surface area contributed by atoms with Gasteiger partial charge in [-0.1, -0.05) is 38.1 Å². The largest absolute Gasteiger partial charge is 0.339 e. The van der Waals surface area contributed by atoms with E-state index in [4.69, 9.17) is 5.73 Å². The predicted molar refractivity (Wildman–Crippen MR) is 79.7 cm³/mol. The molecule has 0 heterocycles. The van der Waals surface area contributed by atoms with Crippen LogP contribution in [0, 0.1) is 12.8 Å². The summed E-state index contributed by atoms with van der Waals surface area (Å²) in [4.78, 5) is 14.1. The molecule has 0 aliphatic rings. The molecule has 106 valence electrons. The quantitative estimate of drug-likeness (QED) is 0.857. The lowest BCUT2D eigenvalue weighted by Gasteiger charge is -2.24. The van der Waals surface area contributed by atoms with E-state index in [1.165, 1.54) is 11.1 Å². The first-order valence-corrected chi connectivity index (χ1v) is 7.03. The molecule has 2 N–H and O–H groups in total. The number of hydrogen-bond acceptors (Lipinski definition) is 2. The van der Waals surface area contributed by atoms with E-state index in [0.717, 1.165) is 6.54 Å². The lowest BCUT2D eigenvalue weighted by molar-refractivity contribution is -0.132. The Bertz CT molecular complexity index is 415. The molecule has 0 aliphatic carbocycles. The van der Waals surface area contributed by atoms with Gasteiger partial charge in [-0.15, -0.1) is 0 Å². The van der Waals surface area contributed by atoms with Crippen LogP contribution in [-0.4, -0.2) is 23.4 Å². The number of hydrogen-bond donors (Lipinski definition) is 1. The van der Waals surface area contributed by atoms with Crippen LogP contribution in [0.25, 0.3) is 0 Å². The van der Waals surface area contributed by atoms with Crippen LogP contribution < -0.4 is 5.73 Å². The summed E-state index contributed by atoms with van der Waals surface area (Å²) in [5.41, 5.74) is 8.41. The molecule has 0 bridgehead atoms. The van der Waals surface area contributed by atoms with Crippen LogP contribution in [0.15, 0.2) is 24.3 Å². The van der Waals surface area contributed by atoms with E-state index < -0.39 is 0 Å². The highest BCUT2D eigenvalue weighted by Gasteiger charge is 2.18. The van der Waals surface area contributed by atoms with Crippen molar-refractivity contribution in [3.63, 3.8) is 0 Å². The Balaban J connectivity index is 2.68. The van der Waals surface area contributed by atoms with Crippen molar-refractivity contribution < 1.29 is 4.79 Å². The zero-order valence-electron chi connectivity index (χ0n) is 12.5. The fourth-order valence-corrected chi connectivity index (χ4v) is 1.94. The second-order valence-corrected chi connectivity index (χ2v) is 5.45. The van der Waals surface area contributed by atoms with Crippen LogP contribution in [0.2, 0.25) is 0 Å². The topological polar surface area (TPSA) is 46.3 Å². The molecule has 3 nitrogen and oxygen atoms in total. The normalized spacial score (nSPS) is 12.5. The van der Waals surface area contributed by atoms with Crippen LogP contribution in [0.3, 0.4) is 0 Å². The maximum absolute atomic E-state index is 12.3. The molecule has 0 saturated heterocycles. The zero-order chi connectivity index (χ0) is 14.4. The monoisotopic (exact) mass is 262 g/mol. The first-order chi connectivity index (χ1) is 8.95. The Labute approximate surface area is 116 Å². The molecule has 1 aromatic rings. The molecule has 0 saturated carbocycles. The van der Waals surface area contributed by atoms with Crippen LogP contribution in [0.4, 0.5) is 0 Å². The van der Waals surface area contributed by atoms with Gasteiger partial charge in [-0.05, 0) is 30.9 Å². The van der Waals surface area contributed by atoms with Crippen molar-refractivity contribution in [2.24, 2.45) is 11.7 Å². The molecule has 0 fully saturated rings. The summed E-state index contributed by atoms with van der Waals surface area (Å²) in [6.45, 7) is 9.58. The number of carbonyl (C=O) groups is 1. The standard InChI is InChI=1S/C16H26N2O/c1-5-18(16(19)10-15(17)12(2)3)11-14-9-7-6-8-13(14)4/h6-9,12,15H,5,10-11,17H2,1-4H3. The van der Waals surface area contributed by atoms with Crippen molar-refractivity contribution >= 4 is 5.91 Å². The summed E-state index contributed by atoms with van der Waals surface area (Å²) in [5.74, 6) is 0.480. The fraction of sp³-hybridized carbons (Fsp3) is 0.562. The Morgan fingerprint density at radius 3 is 2.47 bits per heavy atom. The number of carbonyl (C=O) groups excluding carboxylic acids is 1. The molecular weight excluding hydrogens is 236 g/mol. The number of amides is 1. The number of aryl methyl sites for hydroxylation is 1. The van der Waals surface area contributed by atoms with Gasteiger partial charge < -0.3 is 10.6 Å². The maximum atomic E-state index is 12.3. The van der Waals surface area contributed by atoms with Gasteiger partial charge in [-0.3, -0.25) is 4.79 Å². The van der Waals surface area contributed by atoms with E-state index in [1.54, 1.807) is 0 Å². The summed E-state index contributed by atoms with van der Waals surface area (Å²) in [7, 11) is 0. The number of benzene rings is 1. The molecule has 3 heteroatoms. The number of nitrogens with two attached hydrogens (primary N) is 1. The highest BCUT2D eigenvalue weighted by molar-refractivity contribution is 5.76. The molecule has 0 aliphatic heterocycles. The molecule has 1 amide bonds. The summed E-state index contributed by atoms with van der Waals surface area (Å²) >= 11 is 0. The minimum atomic E-state index is -0.0570. The third kappa shape index (κ3) is 4.67. The van der Waals surface area contributed by atoms with Crippen LogP contribution in [0.1, 0.15) is 38.3 Å². The van der Waals surface area contributed by atoms with E-state index in [1.807, 2.05) is 24.0 Å². The summed E-state index contributed by atoms with van der Waals surface area (Å²) in [5, 5.41) is 0. The average molecular weight is 262 g/mol. The molecule has 19 heavy (non-hydrogen) atoms. The lowest BCUT2D eigenvalue weighted by atomic mass is 10.0. The molecule has 1 aromatic carbocycles. The van der Waals surface area contributed by atoms with Gasteiger partial charge in [0.2, 0.25) is 5.91 Å². The SMILES string of the molecule is CCN(Cc1ccccc1C)C(=O)CC(N)C(C)C. The Morgan fingerprint density at radius 1 is 1.32 bits per heavy atom. The van der Waals surface area contributed by atoms with E-state index in [-0.39, 0.29) is 11.9 Å². The molecule has 1 rings (SSSR count). The first-order valence-electron chi connectivity index (χ1n) is 7.03. The average Bonchev–Trinajstić information content (AvgIpc) is 2.37. The van der Waals surface area contributed by atoms with Gasteiger partial charge in [0.25, 0.3) is 0 Å². The molecular formula is C16H26N2O. The van der Waals surface area contributed by atoms with Crippen molar-refractivity contribution in [1.29, 1.82) is 0 Å². The van der Waals surface area contributed by atoms with Gasteiger partial charge in [0.15, 0.2) is 0 Å². The van der Waals surface area contributed by atoms with Crippen LogP contribution in [0.5, 0.6) is 0 Å². The maximum Gasteiger partial charge on any atom is 0.224 e. The Hall–Kier alpha value is -1.35. The number of rotatable bonds is 6. The van der Waals surface area contributed by atoms with Crippen molar-refractivity contribution in [3.05, 3.63) is 35.4 Å². The number of nitrogens with zero attached hydrogens (tertiary/aromatic N) is 1. The summed E-state index contributed by atoms with van der Waals surface area (Å²) in [6.07, 6.45) is 0.428. The molecule has 0 spiro atoms. The van der Waals surface area contributed by atoms with E-state index in [0.29, 0.717) is 18.9 Å². The van der Waals surface area contributed by atoms with Crippen molar-refractivity contribution in [1.82, 2.24) is 4.90 Å². The van der Waals surface area contributed by atoms with Gasteiger partial charge >= 0.3 is 0 Å². The lowest BCUT2D eigenvalue weighted by Crippen LogP contribution is -2.37. The fourth-order valence-electron chi connectivity index (χ4n) is 1.94. The smallest absolute Gasteiger partial charge is 0.224 e. The van der Waals surface area contributed by atoms with Crippen molar-refractivity contribution in [2.75, 3.05) is 6.54 Å². The summed E-state index contributed by atoms with van der Waals surface area (Å²) in [6, 6.07) is 8.13. The predicted octanol–water partition coefficient (Wildman–Crippen LogP) is 2.72. The van der Waals surface area contributed by atoms with Gasteiger partial charge in [-0.2, -0.15) is 0 Å².